The minimum Gasteiger partial charge on any atom is -0.481 e. The lowest BCUT2D eigenvalue weighted by atomic mass is 10.1. The Morgan fingerprint density at radius 2 is 1.72 bits per heavy atom. The predicted octanol–water partition coefficient (Wildman–Crippen LogP) is 2.99. The van der Waals surface area contributed by atoms with Gasteiger partial charge in [0.25, 0.3) is 5.91 Å². The first-order chi connectivity index (χ1) is 15.7. The first-order valence-corrected chi connectivity index (χ1v) is 10.7. The average Bonchev–Trinajstić information content (AvgIpc) is 3.32. The van der Waals surface area contributed by atoms with Crippen molar-refractivity contribution in [1.82, 2.24) is 15.1 Å². The van der Waals surface area contributed by atoms with Crippen LogP contribution in [0.2, 0.25) is 0 Å². The molecule has 2 aromatic carbocycles. The van der Waals surface area contributed by atoms with Crippen LogP contribution in [0.25, 0.3) is 11.3 Å². The lowest BCUT2D eigenvalue weighted by Gasteiger charge is -2.36. The molecule has 8 heteroatoms. The summed E-state index contributed by atoms with van der Waals surface area (Å²) in [7, 11) is 0. The largest absolute Gasteiger partial charge is 0.481 e. The van der Waals surface area contributed by atoms with E-state index in [2.05, 4.69) is 15.1 Å². The number of amides is 1. The fourth-order valence-electron chi connectivity index (χ4n) is 3.87. The molecule has 1 unspecified atom stereocenters. The van der Waals surface area contributed by atoms with Crippen molar-refractivity contribution in [2.45, 2.75) is 13.0 Å². The van der Waals surface area contributed by atoms with Crippen LogP contribution in [0.5, 0.6) is 17.2 Å². The standard InChI is InChI=1S/C24H24N4O4/c1-17(32-19-5-3-2-4-6-19)24(29)28-13-11-27(12-14-28)23-10-8-20(25-26-23)18-7-9-21-22(15-18)31-16-30-21/h2-10,15,17H,11-14,16H2,1H3. The Hall–Kier alpha value is -3.81. The molecule has 1 amide bonds. The van der Waals surface area contributed by atoms with Crippen LogP contribution in [0.15, 0.2) is 60.7 Å². The quantitative estimate of drug-likeness (QED) is 0.613. The van der Waals surface area contributed by atoms with Crippen LogP contribution < -0.4 is 19.1 Å². The summed E-state index contributed by atoms with van der Waals surface area (Å²) in [5.41, 5.74) is 1.70. The fraction of sp³-hybridized carbons (Fsp3) is 0.292. The van der Waals surface area contributed by atoms with Gasteiger partial charge in [-0.2, -0.15) is 0 Å². The van der Waals surface area contributed by atoms with Crippen molar-refractivity contribution in [3.05, 3.63) is 60.7 Å². The summed E-state index contributed by atoms with van der Waals surface area (Å²) in [4.78, 5) is 16.8. The van der Waals surface area contributed by atoms with Crippen LogP contribution in [0, 0.1) is 0 Å². The van der Waals surface area contributed by atoms with Crippen LogP contribution >= 0.6 is 0 Å². The van der Waals surface area contributed by atoms with E-state index < -0.39 is 6.10 Å². The van der Waals surface area contributed by atoms with Crippen LogP contribution in [0.3, 0.4) is 0 Å². The molecule has 1 fully saturated rings. The molecule has 2 aliphatic heterocycles. The average molecular weight is 432 g/mol. The third-order valence-corrected chi connectivity index (χ3v) is 5.64. The van der Waals surface area contributed by atoms with Crippen LogP contribution in [0.4, 0.5) is 5.82 Å². The Morgan fingerprint density at radius 3 is 2.47 bits per heavy atom. The van der Waals surface area contributed by atoms with Gasteiger partial charge in [-0.25, -0.2) is 0 Å². The highest BCUT2D eigenvalue weighted by molar-refractivity contribution is 5.81. The molecule has 0 saturated carbocycles. The Kier molecular flexibility index (Phi) is 5.49. The van der Waals surface area contributed by atoms with E-state index in [4.69, 9.17) is 14.2 Å². The fourth-order valence-corrected chi connectivity index (χ4v) is 3.87. The lowest BCUT2D eigenvalue weighted by molar-refractivity contribution is -0.138. The molecule has 32 heavy (non-hydrogen) atoms. The van der Waals surface area contributed by atoms with E-state index in [-0.39, 0.29) is 12.7 Å². The zero-order chi connectivity index (χ0) is 21.9. The molecular formula is C24H24N4O4. The number of ether oxygens (including phenoxy) is 3. The van der Waals surface area contributed by atoms with Gasteiger partial charge in [0.15, 0.2) is 23.4 Å². The van der Waals surface area contributed by atoms with Gasteiger partial charge in [-0.15, -0.1) is 10.2 Å². The molecule has 5 rings (SSSR count). The Morgan fingerprint density at radius 1 is 0.938 bits per heavy atom. The first kappa shape index (κ1) is 20.1. The number of carbonyl (C=O) groups is 1. The SMILES string of the molecule is CC(Oc1ccccc1)C(=O)N1CCN(c2ccc(-c3ccc4c(c3)OCO4)nn2)CC1. The van der Waals surface area contributed by atoms with Crippen molar-refractivity contribution < 1.29 is 19.0 Å². The van der Waals surface area contributed by atoms with E-state index in [1.54, 1.807) is 6.92 Å². The van der Waals surface area contributed by atoms with E-state index in [1.165, 1.54) is 0 Å². The number of nitrogens with zero attached hydrogens (tertiary/aromatic N) is 4. The maximum atomic E-state index is 12.8. The zero-order valence-electron chi connectivity index (χ0n) is 17.8. The molecule has 0 radical (unpaired) electrons. The second-order valence-electron chi connectivity index (χ2n) is 7.73. The summed E-state index contributed by atoms with van der Waals surface area (Å²) < 4.78 is 16.6. The van der Waals surface area contributed by atoms with Gasteiger partial charge in [-0.1, -0.05) is 18.2 Å². The molecule has 1 atom stereocenters. The maximum absolute atomic E-state index is 12.8. The number of rotatable bonds is 5. The van der Waals surface area contributed by atoms with Gasteiger partial charge in [0.05, 0.1) is 5.69 Å². The van der Waals surface area contributed by atoms with Gasteiger partial charge in [0, 0.05) is 31.7 Å². The van der Waals surface area contributed by atoms with Crippen molar-refractivity contribution in [3.8, 4) is 28.5 Å². The van der Waals surface area contributed by atoms with E-state index >= 15 is 0 Å². The second kappa shape index (κ2) is 8.74. The minimum atomic E-state index is -0.523. The summed E-state index contributed by atoms with van der Waals surface area (Å²) in [6.45, 7) is 4.67. The number of carbonyl (C=O) groups excluding carboxylic acids is 1. The van der Waals surface area contributed by atoms with Gasteiger partial charge in [0.1, 0.15) is 5.75 Å². The molecule has 2 aliphatic rings. The Labute approximate surface area is 186 Å². The number of fused-ring (bicyclic) bond motifs is 1. The Balaban J connectivity index is 1.18. The highest BCUT2D eigenvalue weighted by Gasteiger charge is 2.26. The molecule has 164 valence electrons. The summed E-state index contributed by atoms with van der Waals surface area (Å²) >= 11 is 0. The zero-order valence-corrected chi connectivity index (χ0v) is 17.8. The topological polar surface area (TPSA) is 77.0 Å². The first-order valence-electron chi connectivity index (χ1n) is 10.7. The maximum Gasteiger partial charge on any atom is 0.263 e. The number of anilines is 1. The third kappa shape index (κ3) is 4.16. The normalized spacial score (nSPS) is 16.0. The number of benzene rings is 2. The minimum absolute atomic E-state index is 0.00209. The third-order valence-electron chi connectivity index (χ3n) is 5.64. The number of hydrogen-bond donors (Lipinski definition) is 0. The monoisotopic (exact) mass is 432 g/mol. The molecule has 0 N–H and O–H groups in total. The summed E-state index contributed by atoms with van der Waals surface area (Å²) in [6.07, 6.45) is -0.523. The van der Waals surface area contributed by atoms with Gasteiger partial charge in [-0.3, -0.25) is 4.79 Å². The number of aromatic nitrogens is 2. The van der Waals surface area contributed by atoms with Crippen molar-refractivity contribution >= 4 is 11.7 Å². The van der Waals surface area contributed by atoms with Crippen LogP contribution in [-0.2, 0) is 4.79 Å². The smallest absolute Gasteiger partial charge is 0.263 e. The van der Waals surface area contributed by atoms with Gasteiger partial charge < -0.3 is 24.0 Å². The molecule has 0 spiro atoms. The molecule has 0 bridgehead atoms. The molecule has 1 aromatic heterocycles. The van der Waals surface area contributed by atoms with E-state index in [0.717, 1.165) is 28.6 Å². The van der Waals surface area contributed by atoms with Crippen molar-refractivity contribution in [2.75, 3.05) is 37.9 Å². The summed E-state index contributed by atoms with van der Waals surface area (Å²) in [5.74, 6) is 2.96. The van der Waals surface area contributed by atoms with Crippen molar-refractivity contribution in [2.24, 2.45) is 0 Å². The highest BCUT2D eigenvalue weighted by atomic mass is 16.7. The highest BCUT2D eigenvalue weighted by Crippen LogP contribution is 2.35. The number of piperazine rings is 1. The molecule has 1 saturated heterocycles. The molecular weight excluding hydrogens is 408 g/mol. The van der Waals surface area contributed by atoms with E-state index in [1.807, 2.05) is 65.6 Å². The van der Waals surface area contributed by atoms with Crippen LogP contribution in [0.1, 0.15) is 6.92 Å². The van der Waals surface area contributed by atoms with Crippen molar-refractivity contribution in [1.29, 1.82) is 0 Å². The van der Waals surface area contributed by atoms with Gasteiger partial charge in [0.2, 0.25) is 6.79 Å². The van der Waals surface area contributed by atoms with Gasteiger partial charge >= 0.3 is 0 Å². The van der Waals surface area contributed by atoms with Crippen LogP contribution in [-0.4, -0.2) is 60.1 Å². The van der Waals surface area contributed by atoms with E-state index in [0.29, 0.717) is 31.9 Å². The van der Waals surface area contributed by atoms with E-state index in [9.17, 15) is 4.79 Å². The molecule has 0 aliphatic carbocycles. The molecule has 3 heterocycles. The summed E-state index contributed by atoms with van der Waals surface area (Å²) in [5, 5.41) is 8.80. The Bertz CT molecular complexity index is 1080. The summed E-state index contributed by atoms with van der Waals surface area (Å²) in [6, 6.07) is 19.1. The molecule has 3 aromatic rings. The predicted molar refractivity (Wildman–Crippen MR) is 119 cm³/mol. The number of hydrogen-bond acceptors (Lipinski definition) is 7. The number of para-hydroxylation sites is 1. The lowest BCUT2D eigenvalue weighted by Crippen LogP contribution is -2.52. The molecule has 8 nitrogen and oxygen atoms in total. The van der Waals surface area contributed by atoms with Crippen molar-refractivity contribution in [3.63, 3.8) is 0 Å². The second-order valence-corrected chi connectivity index (χ2v) is 7.73. The van der Waals surface area contributed by atoms with Gasteiger partial charge in [-0.05, 0) is 49.4 Å².